The minimum absolute atomic E-state index is 0.0619. The highest BCUT2D eigenvalue weighted by Gasteiger charge is 2.07. The Balaban J connectivity index is 0.000000791. The Hall–Kier alpha value is -1.71. The predicted octanol–water partition coefficient (Wildman–Crippen LogP) is 2.14. The first-order chi connectivity index (χ1) is 6.59. The molecule has 2 amide bonds. The van der Waals surface area contributed by atoms with Gasteiger partial charge in [0, 0.05) is 25.0 Å². The molecule has 0 bridgehead atoms. The van der Waals surface area contributed by atoms with Crippen molar-refractivity contribution in [1.29, 1.82) is 0 Å². The molecule has 4 heteroatoms. The maximum Gasteiger partial charge on any atom is 0.325 e. The van der Waals surface area contributed by atoms with Gasteiger partial charge in [-0.1, -0.05) is 20.4 Å². The van der Waals surface area contributed by atoms with E-state index in [9.17, 15) is 4.79 Å². The number of nitrogens with zero attached hydrogens (tertiary/aromatic N) is 1. The van der Waals surface area contributed by atoms with Crippen LogP contribution in [-0.2, 0) is 0 Å². The van der Waals surface area contributed by atoms with E-state index in [-0.39, 0.29) is 11.8 Å². The molecule has 0 atom stereocenters. The second kappa shape index (κ2) is 5.85. The van der Waals surface area contributed by atoms with Crippen LogP contribution in [0.3, 0.4) is 0 Å². The number of carbonyl (C=O) groups excluding carboxylic acids is 1. The van der Waals surface area contributed by atoms with Gasteiger partial charge in [0.1, 0.15) is 5.76 Å². The fourth-order valence-corrected chi connectivity index (χ4v) is 0.744. The molecular weight excluding hydrogens is 180 g/mol. The van der Waals surface area contributed by atoms with Gasteiger partial charge in [-0.25, -0.2) is 4.79 Å². The maximum atomic E-state index is 11.1. The molecule has 1 aliphatic heterocycles. The summed E-state index contributed by atoms with van der Waals surface area (Å²) in [7, 11) is 1.58. The van der Waals surface area contributed by atoms with Crippen LogP contribution < -0.4 is 5.32 Å². The van der Waals surface area contributed by atoms with Gasteiger partial charge in [0.05, 0.1) is 0 Å². The van der Waals surface area contributed by atoms with Crippen LogP contribution in [0.5, 0.6) is 0 Å². The third kappa shape index (κ3) is 3.80. The molecule has 0 aromatic rings. The number of amides is 2. The second-order valence-corrected chi connectivity index (χ2v) is 2.45. The molecule has 1 rings (SSSR count). The Kier molecular flexibility index (Phi) is 5.14. The lowest BCUT2D eigenvalue weighted by Gasteiger charge is -2.15. The molecule has 0 unspecified atom stereocenters. The number of aliphatic hydroxyl groups is 1. The van der Waals surface area contributed by atoms with Crippen molar-refractivity contribution in [2.24, 2.45) is 0 Å². The molecular formula is C10H16N2O2. The van der Waals surface area contributed by atoms with Crippen molar-refractivity contribution in [3.8, 4) is 0 Å². The maximum absolute atomic E-state index is 11.1. The van der Waals surface area contributed by atoms with Crippen LogP contribution in [0.1, 0.15) is 13.8 Å². The summed E-state index contributed by atoms with van der Waals surface area (Å²) in [5, 5.41) is 11.6. The number of hydrogen-bond donors (Lipinski definition) is 2. The van der Waals surface area contributed by atoms with Gasteiger partial charge in [-0.15, -0.1) is 0 Å². The quantitative estimate of drug-likeness (QED) is 0.623. The van der Waals surface area contributed by atoms with E-state index >= 15 is 0 Å². The van der Waals surface area contributed by atoms with Crippen LogP contribution in [-0.4, -0.2) is 23.1 Å². The van der Waals surface area contributed by atoms with Gasteiger partial charge >= 0.3 is 6.03 Å². The van der Waals surface area contributed by atoms with E-state index < -0.39 is 0 Å². The Labute approximate surface area is 84.2 Å². The van der Waals surface area contributed by atoms with Crippen LogP contribution in [0.15, 0.2) is 36.4 Å². The summed E-state index contributed by atoms with van der Waals surface area (Å²) in [6, 6.07) is -0.278. The molecule has 0 aromatic heterocycles. The van der Waals surface area contributed by atoms with E-state index in [0.717, 1.165) is 0 Å². The molecule has 2 N–H and O–H groups in total. The molecule has 0 spiro atoms. The zero-order valence-corrected chi connectivity index (χ0v) is 8.74. The topological polar surface area (TPSA) is 52.6 Å². The van der Waals surface area contributed by atoms with Gasteiger partial charge in [-0.05, 0) is 6.08 Å². The highest BCUT2D eigenvalue weighted by Crippen LogP contribution is 2.02. The summed E-state index contributed by atoms with van der Waals surface area (Å²) in [6.45, 7) is 7.52. The first-order valence-corrected chi connectivity index (χ1v) is 4.41. The molecule has 4 nitrogen and oxygen atoms in total. The van der Waals surface area contributed by atoms with Gasteiger partial charge in [0.15, 0.2) is 0 Å². The van der Waals surface area contributed by atoms with E-state index in [0.29, 0.717) is 5.70 Å². The van der Waals surface area contributed by atoms with Gasteiger partial charge < -0.3 is 15.3 Å². The third-order valence-corrected chi connectivity index (χ3v) is 1.38. The summed E-state index contributed by atoms with van der Waals surface area (Å²) >= 11 is 0. The van der Waals surface area contributed by atoms with Crippen LogP contribution in [0, 0.1) is 0 Å². The Bertz CT molecular complexity index is 280. The van der Waals surface area contributed by atoms with E-state index in [1.165, 1.54) is 23.3 Å². The smallest absolute Gasteiger partial charge is 0.325 e. The van der Waals surface area contributed by atoms with Crippen molar-refractivity contribution in [2.45, 2.75) is 13.8 Å². The fraction of sp³-hybridized carbons (Fsp3) is 0.300. The molecule has 0 aromatic carbocycles. The van der Waals surface area contributed by atoms with Crippen molar-refractivity contribution in [3.63, 3.8) is 0 Å². The molecule has 0 fully saturated rings. The molecule has 0 saturated heterocycles. The molecule has 0 aliphatic carbocycles. The first-order valence-electron chi connectivity index (χ1n) is 4.41. The summed E-state index contributed by atoms with van der Waals surface area (Å²) in [5.41, 5.74) is 0.369. The van der Waals surface area contributed by atoms with Gasteiger partial charge in [0.25, 0.3) is 0 Å². The van der Waals surface area contributed by atoms with E-state index in [4.69, 9.17) is 5.11 Å². The third-order valence-electron chi connectivity index (χ3n) is 1.38. The first kappa shape index (κ1) is 12.3. The highest BCUT2D eigenvalue weighted by molar-refractivity contribution is 5.77. The lowest BCUT2D eigenvalue weighted by atomic mass is 10.3. The predicted molar refractivity (Wildman–Crippen MR) is 56.6 cm³/mol. The molecule has 1 heterocycles. The Morgan fingerprint density at radius 1 is 1.50 bits per heavy atom. The van der Waals surface area contributed by atoms with Crippen molar-refractivity contribution in [3.05, 3.63) is 36.4 Å². The highest BCUT2D eigenvalue weighted by atomic mass is 16.3. The Morgan fingerprint density at radius 2 is 2.07 bits per heavy atom. The molecule has 1 aliphatic rings. The zero-order valence-electron chi connectivity index (χ0n) is 8.74. The van der Waals surface area contributed by atoms with Crippen LogP contribution in [0.25, 0.3) is 0 Å². The van der Waals surface area contributed by atoms with E-state index in [2.05, 4.69) is 11.9 Å². The molecule has 0 radical (unpaired) electrons. The van der Waals surface area contributed by atoms with Crippen LogP contribution >= 0.6 is 0 Å². The average Bonchev–Trinajstić information content (AvgIpc) is 2.15. The van der Waals surface area contributed by atoms with Gasteiger partial charge in [-0.3, -0.25) is 0 Å². The number of hydrogen-bond acceptors (Lipinski definition) is 2. The normalized spacial score (nSPS) is 21.9. The number of nitrogens with one attached hydrogen (secondary N) is 1. The van der Waals surface area contributed by atoms with E-state index in [1.54, 1.807) is 7.05 Å². The van der Waals surface area contributed by atoms with Gasteiger partial charge in [0.2, 0.25) is 0 Å². The minimum atomic E-state index is -0.278. The second-order valence-electron chi connectivity index (χ2n) is 2.45. The van der Waals surface area contributed by atoms with E-state index in [1.807, 2.05) is 13.8 Å². The van der Waals surface area contributed by atoms with Crippen molar-refractivity contribution >= 4 is 6.03 Å². The summed E-state index contributed by atoms with van der Waals surface area (Å²) in [4.78, 5) is 12.4. The largest absolute Gasteiger partial charge is 0.508 e. The van der Waals surface area contributed by atoms with Crippen LogP contribution in [0.4, 0.5) is 4.79 Å². The zero-order chi connectivity index (χ0) is 11.1. The van der Waals surface area contributed by atoms with Gasteiger partial charge in [-0.2, -0.15) is 0 Å². The van der Waals surface area contributed by atoms with Crippen molar-refractivity contribution in [2.75, 3.05) is 7.05 Å². The van der Waals surface area contributed by atoms with Crippen molar-refractivity contribution < 1.29 is 9.90 Å². The lowest BCUT2D eigenvalue weighted by molar-refractivity contribution is 0.225. The summed E-state index contributed by atoms with van der Waals surface area (Å²) in [5.74, 6) is 0.0619. The SMILES string of the molecule is C=C1/C=C(O)\C=C/N(C)C(=O)N1.CC. The molecule has 0 saturated carbocycles. The Morgan fingerprint density at radius 3 is 2.64 bits per heavy atom. The molecule has 14 heavy (non-hydrogen) atoms. The standard InChI is InChI=1S/C8H10N2O2.C2H6/c1-6-5-7(11)3-4-10(2)8(12)9-6;1-2/h3-5,11H,1H2,2H3,(H,9,12);1-2H3/b4-3-,7-5+;. The number of carbonyl (C=O) groups is 1. The lowest BCUT2D eigenvalue weighted by Crippen LogP contribution is -2.33. The summed E-state index contributed by atoms with van der Waals surface area (Å²) in [6.07, 6.45) is 4.26. The average molecular weight is 196 g/mol. The molecule has 78 valence electrons. The summed E-state index contributed by atoms with van der Waals surface area (Å²) < 4.78 is 0. The van der Waals surface area contributed by atoms with Crippen molar-refractivity contribution in [1.82, 2.24) is 10.2 Å². The monoisotopic (exact) mass is 196 g/mol. The van der Waals surface area contributed by atoms with Crippen LogP contribution in [0.2, 0.25) is 0 Å². The fourth-order valence-electron chi connectivity index (χ4n) is 0.744. The number of rotatable bonds is 0. The number of allylic oxidation sites excluding steroid dienone is 2. The number of aliphatic hydroxyl groups excluding tert-OH is 1. The minimum Gasteiger partial charge on any atom is -0.508 e. The number of urea groups is 1.